The van der Waals surface area contributed by atoms with Gasteiger partial charge < -0.3 is 26.2 Å². The van der Waals surface area contributed by atoms with Crippen molar-refractivity contribution in [3.8, 4) is 0 Å². The van der Waals surface area contributed by atoms with Crippen molar-refractivity contribution in [3.63, 3.8) is 0 Å². The maximum atomic E-state index is 12.5. The molecule has 3 aliphatic heterocycles. The molecular formula is C23H32ClN3O4S. The number of nitrogens with two attached hydrogens (primary N) is 1. The smallest absolute Gasteiger partial charge is 0.353 e. The van der Waals surface area contributed by atoms with Gasteiger partial charge in [0.25, 0.3) is 0 Å². The van der Waals surface area contributed by atoms with Crippen molar-refractivity contribution in [2.45, 2.75) is 63.1 Å². The van der Waals surface area contributed by atoms with E-state index in [1.807, 2.05) is 6.92 Å². The number of hydrogen-bond donors (Lipinski definition) is 4. The average molecular weight is 482 g/mol. The molecule has 0 radical (unpaired) electrons. The van der Waals surface area contributed by atoms with E-state index in [9.17, 15) is 19.8 Å². The van der Waals surface area contributed by atoms with E-state index in [0.717, 1.165) is 36.3 Å². The van der Waals surface area contributed by atoms with E-state index in [2.05, 4.69) is 29.6 Å². The van der Waals surface area contributed by atoms with Crippen LogP contribution in [0.4, 0.5) is 0 Å². The third kappa shape index (κ3) is 4.56. The molecule has 0 aromatic heterocycles. The Balaban J connectivity index is 0.00000289. The van der Waals surface area contributed by atoms with Crippen molar-refractivity contribution in [2.75, 3.05) is 6.54 Å². The predicted octanol–water partition coefficient (Wildman–Crippen LogP) is 2.12. The minimum atomic E-state index is -1.06. The summed E-state index contributed by atoms with van der Waals surface area (Å²) in [6, 6.07) is 8.55. The number of β-lactam (4-membered cyclic amide) rings is 1. The summed E-state index contributed by atoms with van der Waals surface area (Å²) in [6.07, 6.45) is 2.20. The van der Waals surface area contributed by atoms with E-state index >= 15 is 0 Å². The van der Waals surface area contributed by atoms with Gasteiger partial charge in [-0.05, 0) is 37.3 Å². The molecule has 9 heteroatoms. The number of nitrogens with one attached hydrogen (secondary N) is 1. The lowest BCUT2D eigenvalue weighted by Gasteiger charge is -2.46. The molecule has 0 bridgehead atoms. The number of benzene rings is 1. The number of rotatable bonds is 8. The monoisotopic (exact) mass is 481 g/mol. The van der Waals surface area contributed by atoms with Gasteiger partial charge in [0, 0.05) is 35.2 Å². The number of carboxylic acids is 1. The third-order valence-corrected chi connectivity index (χ3v) is 8.34. The maximum absolute atomic E-state index is 12.5. The third-order valence-electron chi connectivity index (χ3n) is 6.83. The molecule has 3 heterocycles. The van der Waals surface area contributed by atoms with Crippen LogP contribution in [-0.2, 0) is 22.6 Å². The van der Waals surface area contributed by atoms with Gasteiger partial charge in [0.2, 0.25) is 5.91 Å². The number of aliphatic hydroxyl groups is 1. The van der Waals surface area contributed by atoms with Gasteiger partial charge in [0.1, 0.15) is 5.70 Å². The quantitative estimate of drug-likeness (QED) is 0.420. The highest BCUT2D eigenvalue weighted by molar-refractivity contribution is 8.03. The van der Waals surface area contributed by atoms with Crippen molar-refractivity contribution < 1.29 is 19.8 Å². The van der Waals surface area contributed by atoms with Crippen molar-refractivity contribution in [1.82, 2.24) is 10.2 Å². The first-order valence-corrected chi connectivity index (χ1v) is 11.9. The molecule has 3 aliphatic rings. The Morgan fingerprint density at radius 3 is 2.56 bits per heavy atom. The van der Waals surface area contributed by atoms with Crippen molar-refractivity contribution in [3.05, 3.63) is 46.0 Å². The summed E-state index contributed by atoms with van der Waals surface area (Å²) in [5.74, 6) is -1.92. The number of carbonyl (C=O) groups excluding carboxylic acids is 1. The lowest BCUT2D eigenvalue weighted by Crippen LogP contribution is -2.63. The molecule has 0 aliphatic carbocycles. The van der Waals surface area contributed by atoms with Crippen molar-refractivity contribution >= 4 is 36.0 Å². The number of halogens is 1. The van der Waals surface area contributed by atoms with Crippen LogP contribution in [0.25, 0.3) is 0 Å². The molecule has 176 valence electrons. The van der Waals surface area contributed by atoms with E-state index < -0.39 is 18.0 Å². The SMILES string of the molecule is C[C@@H](O)[C@H]1C(=O)N2C(C(=O)O)=C(S[C@@H]3CN[C@H](CCc4ccc(CN)cc4)C3)[C@H](C)[C@H]12.Cl. The maximum Gasteiger partial charge on any atom is 0.353 e. The van der Waals surface area contributed by atoms with Crippen LogP contribution in [0.5, 0.6) is 0 Å². The zero-order chi connectivity index (χ0) is 22.3. The van der Waals surface area contributed by atoms with E-state index in [4.69, 9.17) is 5.73 Å². The van der Waals surface area contributed by atoms with Gasteiger partial charge in [-0.25, -0.2) is 4.79 Å². The number of aliphatic carboxylic acids is 1. The van der Waals surface area contributed by atoms with Gasteiger partial charge in [0.15, 0.2) is 0 Å². The average Bonchev–Trinajstić information content (AvgIpc) is 3.28. The topological polar surface area (TPSA) is 116 Å². The zero-order valence-electron chi connectivity index (χ0n) is 18.4. The fourth-order valence-corrected chi connectivity index (χ4v) is 6.65. The molecule has 0 unspecified atom stereocenters. The molecule has 6 atom stereocenters. The summed E-state index contributed by atoms with van der Waals surface area (Å²) in [5.41, 5.74) is 8.20. The van der Waals surface area contributed by atoms with Crippen LogP contribution in [0.3, 0.4) is 0 Å². The molecule has 1 amide bonds. The summed E-state index contributed by atoms with van der Waals surface area (Å²) in [6.45, 7) is 4.96. The summed E-state index contributed by atoms with van der Waals surface area (Å²) >= 11 is 1.60. The molecule has 2 saturated heterocycles. The van der Waals surface area contributed by atoms with Gasteiger partial charge in [-0.1, -0.05) is 31.2 Å². The lowest BCUT2D eigenvalue weighted by molar-refractivity contribution is -0.163. The van der Waals surface area contributed by atoms with Crippen molar-refractivity contribution in [2.24, 2.45) is 17.6 Å². The summed E-state index contributed by atoms with van der Waals surface area (Å²) in [7, 11) is 0. The highest BCUT2D eigenvalue weighted by Crippen LogP contribution is 2.51. The second-order valence-corrected chi connectivity index (χ2v) is 10.3. The number of fused-ring (bicyclic) bond motifs is 1. The standard InChI is InChI=1S/C23H31N3O4S.ClH/c1-12-19-18(13(2)27)22(28)26(19)20(23(29)30)21(12)31-17-9-16(25-11-17)8-7-14-3-5-15(10-24)6-4-14;/h3-6,12-13,16-19,25,27H,7-11,24H2,1-2H3,(H,29,30);1H/t12-,13-,16-,17+,18-,19-;/m1./s1. The minimum absolute atomic E-state index is 0. The number of carboxylic acid groups (broad SMARTS) is 1. The molecule has 1 aromatic carbocycles. The van der Waals surface area contributed by atoms with Crippen LogP contribution < -0.4 is 11.1 Å². The first-order chi connectivity index (χ1) is 14.8. The number of amides is 1. The van der Waals surface area contributed by atoms with E-state index in [1.165, 1.54) is 10.5 Å². The van der Waals surface area contributed by atoms with Crippen LogP contribution in [0.1, 0.15) is 37.8 Å². The molecule has 0 saturated carbocycles. The number of aryl methyl sites for hydroxylation is 1. The van der Waals surface area contributed by atoms with E-state index in [-0.39, 0.29) is 41.2 Å². The molecule has 1 aromatic rings. The summed E-state index contributed by atoms with van der Waals surface area (Å²) < 4.78 is 0. The lowest BCUT2D eigenvalue weighted by atomic mass is 9.79. The van der Waals surface area contributed by atoms with E-state index in [1.54, 1.807) is 18.7 Å². The molecule has 5 N–H and O–H groups in total. The molecule has 2 fully saturated rings. The second kappa shape index (κ2) is 10.1. The fourth-order valence-electron chi connectivity index (χ4n) is 5.13. The highest BCUT2D eigenvalue weighted by Gasteiger charge is 2.60. The number of carbonyl (C=O) groups is 2. The largest absolute Gasteiger partial charge is 0.477 e. The summed E-state index contributed by atoms with van der Waals surface area (Å²) in [5, 5.41) is 23.6. The van der Waals surface area contributed by atoms with Gasteiger partial charge in [-0.2, -0.15) is 0 Å². The highest BCUT2D eigenvalue weighted by atomic mass is 35.5. The van der Waals surface area contributed by atoms with Crippen LogP contribution in [-0.4, -0.2) is 57.0 Å². The predicted molar refractivity (Wildman–Crippen MR) is 127 cm³/mol. The molecule has 4 rings (SSSR count). The van der Waals surface area contributed by atoms with Crippen molar-refractivity contribution in [1.29, 1.82) is 0 Å². The Kier molecular flexibility index (Phi) is 7.93. The first kappa shape index (κ1) is 25.1. The zero-order valence-corrected chi connectivity index (χ0v) is 20.0. The Morgan fingerprint density at radius 1 is 1.31 bits per heavy atom. The second-order valence-electron chi connectivity index (χ2n) is 8.91. The first-order valence-electron chi connectivity index (χ1n) is 11.0. The van der Waals surface area contributed by atoms with E-state index in [0.29, 0.717) is 12.6 Å². The van der Waals surface area contributed by atoms with Crippen LogP contribution in [0.2, 0.25) is 0 Å². The van der Waals surface area contributed by atoms with Gasteiger partial charge in [-0.15, -0.1) is 24.2 Å². The number of hydrogen-bond acceptors (Lipinski definition) is 6. The van der Waals surface area contributed by atoms with Crippen LogP contribution in [0.15, 0.2) is 34.9 Å². The molecular weight excluding hydrogens is 450 g/mol. The Bertz CT molecular complexity index is 892. The number of nitrogens with zero attached hydrogens (tertiary/aromatic N) is 1. The summed E-state index contributed by atoms with van der Waals surface area (Å²) in [4.78, 5) is 26.6. The van der Waals surface area contributed by atoms with Gasteiger partial charge in [0.05, 0.1) is 18.1 Å². The van der Waals surface area contributed by atoms with Crippen LogP contribution in [0, 0.1) is 11.8 Å². The van der Waals surface area contributed by atoms with Gasteiger partial charge >= 0.3 is 5.97 Å². The normalized spacial score (nSPS) is 30.1. The molecule has 32 heavy (non-hydrogen) atoms. The Labute approximate surface area is 199 Å². The Morgan fingerprint density at radius 2 is 1.97 bits per heavy atom. The van der Waals surface area contributed by atoms with Gasteiger partial charge in [-0.3, -0.25) is 4.79 Å². The Hall–Kier alpha value is -1.58. The number of thioether (sulfide) groups is 1. The molecule has 7 nitrogen and oxygen atoms in total. The minimum Gasteiger partial charge on any atom is -0.477 e. The fraction of sp³-hybridized carbons (Fsp3) is 0.565. The van der Waals surface area contributed by atoms with Crippen LogP contribution >= 0.6 is 24.2 Å². The number of aliphatic hydroxyl groups excluding tert-OH is 1. The molecule has 0 spiro atoms.